The molecule has 1 saturated carbocycles. The predicted molar refractivity (Wildman–Crippen MR) is 84.3 cm³/mol. The van der Waals surface area contributed by atoms with Crippen LogP contribution >= 0.6 is 11.3 Å². The van der Waals surface area contributed by atoms with Gasteiger partial charge >= 0.3 is 6.18 Å². The highest BCUT2D eigenvalue weighted by Crippen LogP contribution is 2.35. The van der Waals surface area contributed by atoms with Gasteiger partial charge in [-0.25, -0.2) is 4.98 Å². The minimum atomic E-state index is -4.44. The zero-order valence-electron chi connectivity index (χ0n) is 12.7. The number of hydrogen-bond acceptors (Lipinski definition) is 4. The number of aromatic nitrogens is 1. The van der Waals surface area contributed by atoms with Gasteiger partial charge in [-0.15, -0.1) is 11.3 Å². The van der Waals surface area contributed by atoms with Crippen LogP contribution in [-0.4, -0.2) is 21.8 Å². The van der Waals surface area contributed by atoms with Crippen molar-refractivity contribution in [2.75, 3.05) is 0 Å². The van der Waals surface area contributed by atoms with Crippen LogP contribution in [0.4, 0.5) is 13.2 Å². The zero-order valence-corrected chi connectivity index (χ0v) is 13.5. The molecule has 3 rings (SSSR count). The van der Waals surface area contributed by atoms with E-state index in [2.05, 4.69) is 4.98 Å². The number of amides is 1. The minimum Gasteiger partial charge on any atom is -0.330 e. The van der Waals surface area contributed by atoms with Crippen molar-refractivity contribution < 1.29 is 18.0 Å². The van der Waals surface area contributed by atoms with E-state index in [9.17, 15) is 18.0 Å². The molecule has 1 heterocycles. The third-order valence-electron chi connectivity index (χ3n) is 3.86. The lowest BCUT2D eigenvalue weighted by Crippen LogP contribution is -2.33. The van der Waals surface area contributed by atoms with E-state index in [0.29, 0.717) is 5.01 Å². The molecule has 0 atom stereocenters. The van der Waals surface area contributed by atoms with Crippen LogP contribution in [0, 0.1) is 0 Å². The Hall–Kier alpha value is -1.93. The third-order valence-corrected chi connectivity index (χ3v) is 4.73. The Morgan fingerprint density at radius 3 is 2.62 bits per heavy atom. The molecule has 1 aromatic carbocycles. The summed E-state index contributed by atoms with van der Waals surface area (Å²) >= 11 is 1.28. The van der Waals surface area contributed by atoms with E-state index in [-0.39, 0.29) is 36.3 Å². The van der Waals surface area contributed by atoms with E-state index in [1.165, 1.54) is 28.4 Å². The third kappa shape index (κ3) is 3.59. The number of nitrogens with two attached hydrogens (primary N) is 1. The van der Waals surface area contributed by atoms with Crippen molar-refractivity contribution in [1.82, 2.24) is 9.88 Å². The SMILES string of the molecule is NCc1nc(C(=O)N(Cc2ccccc2C(F)(F)F)C2CC2)cs1. The van der Waals surface area contributed by atoms with Gasteiger partial charge in [0, 0.05) is 24.5 Å². The Bertz CT molecular complexity index is 740. The smallest absolute Gasteiger partial charge is 0.330 e. The molecule has 128 valence electrons. The quantitative estimate of drug-likeness (QED) is 0.894. The highest BCUT2D eigenvalue weighted by atomic mass is 32.1. The Morgan fingerprint density at radius 1 is 1.33 bits per heavy atom. The van der Waals surface area contributed by atoms with Crippen molar-refractivity contribution in [3.05, 3.63) is 51.5 Å². The van der Waals surface area contributed by atoms with E-state index in [4.69, 9.17) is 5.73 Å². The summed E-state index contributed by atoms with van der Waals surface area (Å²) in [4.78, 5) is 18.3. The fourth-order valence-corrected chi connectivity index (χ4v) is 3.17. The molecule has 4 nitrogen and oxygen atoms in total. The van der Waals surface area contributed by atoms with E-state index in [1.807, 2.05) is 0 Å². The first-order valence-corrected chi connectivity index (χ1v) is 8.38. The summed E-state index contributed by atoms with van der Waals surface area (Å²) in [5.41, 5.74) is 5.14. The molecule has 0 radical (unpaired) electrons. The number of thiazole rings is 1. The van der Waals surface area contributed by atoms with E-state index < -0.39 is 11.7 Å². The van der Waals surface area contributed by atoms with Crippen molar-refractivity contribution in [3.63, 3.8) is 0 Å². The second-order valence-corrected chi connectivity index (χ2v) is 6.59. The highest BCUT2D eigenvalue weighted by Gasteiger charge is 2.37. The number of carbonyl (C=O) groups excluding carboxylic acids is 1. The lowest BCUT2D eigenvalue weighted by Gasteiger charge is -2.23. The van der Waals surface area contributed by atoms with Crippen LogP contribution in [0.15, 0.2) is 29.6 Å². The average Bonchev–Trinajstić information content (AvgIpc) is 3.27. The summed E-state index contributed by atoms with van der Waals surface area (Å²) in [5.74, 6) is -0.342. The van der Waals surface area contributed by atoms with Crippen LogP contribution in [0.1, 0.15) is 39.5 Å². The van der Waals surface area contributed by atoms with Crippen LogP contribution in [-0.2, 0) is 19.3 Å². The highest BCUT2D eigenvalue weighted by molar-refractivity contribution is 7.09. The van der Waals surface area contributed by atoms with Gasteiger partial charge in [0.2, 0.25) is 0 Å². The monoisotopic (exact) mass is 355 g/mol. The first-order chi connectivity index (χ1) is 11.4. The van der Waals surface area contributed by atoms with Gasteiger partial charge in [-0.1, -0.05) is 18.2 Å². The standard InChI is InChI=1S/C16H16F3N3OS/c17-16(18,19)12-4-2-1-3-10(12)8-22(11-5-6-11)15(23)13-9-24-14(7-20)21-13/h1-4,9,11H,5-8,20H2. The predicted octanol–water partition coefficient (Wildman–Crippen LogP) is 3.43. The number of halogens is 3. The van der Waals surface area contributed by atoms with Crippen LogP contribution in [0.5, 0.6) is 0 Å². The fraction of sp³-hybridized carbons (Fsp3) is 0.375. The Morgan fingerprint density at radius 2 is 2.04 bits per heavy atom. The van der Waals surface area contributed by atoms with Gasteiger partial charge in [0.1, 0.15) is 10.7 Å². The van der Waals surface area contributed by atoms with Crippen LogP contribution < -0.4 is 5.73 Å². The summed E-state index contributed by atoms with van der Waals surface area (Å²) in [7, 11) is 0. The van der Waals surface area contributed by atoms with Gasteiger partial charge < -0.3 is 10.6 Å². The lowest BCUT2D eigenvalue weighted by molar-refractivity contribution is -0.138. The van der Waals surface area contributed by atoms with Crippen molar-refractivity contribution >= 4 is 17.2 Å². The largest absolute Gasteiger partial charge is 0.416 e. The van der Waals surface area contributed by atoms with Crippen molar-refractivity contribution in [2.45, 2.75) is 38.1 Å². The number of hydrogen-bond donors (Lipinski definition) is 1. The Kier molecular flexibility index (Phi) is 4.60. The number of alkyl halides is 3. The van der Waals surface area contributed by atoms with Gasteiger partial charge in [0.05, 0.1) is 5.56 Å². The molecular weight excluding hydrogens is 339 g/mol. The molecule has 2 aromatic rings. The molecule has 1 amide bonds. The molecule has 8 heteroatoms. The second-order valence-electron chi connectivity index (χ2n) is 5.65. The molecule has 24 heavy (non-hydrogen) atoms. The molecule has 0 aliphatic heterocycles. The zero-order chi connectivity index (χ0) is 17.3. The van der Waals surface area contributed by atoms with Crippen molar-refractivity contribution in [3.8, 4) is 0 Å². The molecule has 1 aliphatic rings. The van der Waals surface area contributed by atoms with Crippen LogP contribution in [0.2, 0.25) is 0 Å². The van der Waals surface area contributed by atoms with E-state index >= 15 is 0 Å². The number of carbonyl (C=O) groups is 1. The van der Waals surface area contributed by atoms with E-state index in [1.54, 1.807) is 11.4 Å². The van der Waals surface area contributed by atoms with Gasteiger partial charge in [-0.3, -0.25) is 4.79 Å². The number of rotatable bonds is 5. The van der Waals surface area contributed by atoms with Gasteiger partial charge in [-0.2, -0.15) is 13.2 Å². The minimum absolute atomic E-state index is 0.0261. The second kappa shape index (κ2) is 6.52. The van der Waals surface area contributed by atoms with Crippen molar-refractivity contribution in [1.29, 1.82) is 0 Å². The topological polar surface area (TPSA) is 59.2 Å². The molecule has 0 unspecified atom stereocenters. The molecule has 1 aromatic heterocycles. The maximum Gasteiger partial charge on any atom is 0.416 e. The normalized spacial score (nSPS) is 14.7. The van der Waals surface area contributed by atoms with Gasteiger partial charge in [0.15, 0.2) is 0 Å². The Balaban J connectivity index is 1.87. The maximum absolute atomic E-state index is 13.2. The first kappa shape index (κ1) is 16.9. The van der Waals surface area contributed by atoms with Gasteiger partial charge in [-0.05, 0) is 24.5 Å². The molecule has 1 aliphatic carbocycles. The summed E-state index contributed by atoms with van der Waals surface area (Å²) in [6.07, 6.45) is -2.84. The summed E-state index contributed by atoms with van der Waals surface area (Å²) in [5, 5.41) is 2.24. The first-order valence-electron chi connectivity index (χ1n) is 7.50. The summed E-state index contributed by atoms with van der Waals surface area (Å²) in [6, 6.07) is 5.33. The molecule has 0 spiro atoms. The summed E-state index contributed by atoms with van der Waals surface area (Å²) in [6.45, 7) is 0.160. The van der Waals surface area contributed by atoms with E-state index in [0.717, 1.165) is 18.9 Å². The Labute approximate surface area is 141 Å². The maximum atomic E-state index is 13.2. The average molecular weight is 355 g/mol. The molecule has 0 saturated heterocycles. The lowest BCUT2D eigenvalue weighted by atomic mass is 10.1. The van der Waals surface area contributed by atoms with Gasteiger partial charge in [0.25, 0.3) is 5.91 Å². The molecule has 1 fully saturated rings. The van der Waals surface area contributed by atoms with Crippen molar-refractivity contribution in [2.24, 2.45) is 5.73 Å². The molecule has 2 N–H and O–H groups in total. The molecule has 0 bridgehead atoms. The number of benzene rings is 1. The van der Waals surface area contributed by atoms with Crippen LogP contribution in [0.3, 0.4) is 0 Å². The molecular formula is C16H16F3N3OS. The fourth-order valence-electron chi connectivity index (χ4n) is 2.52. The van der Waals surface area contributed by atoms with Crippen LogP contribution in [0.25, 0.3) is 0 Å². The number of nitrogens with zero attached hydrogens (tertiary/aromatic N) is 2. The summed E-state index contributed by atoms with van der Waals surface area (Å²) < 4.78 is 39.5.